The average Bonchev–Trinajstić information content (AvgIpc) is 2.92. The Bertz CT molecular complexity index is 380. The van der Waals surface area contributed by atoms with Gasteiger partial charge in [-0.2, -0.15) is 0 Å². The Morgan fingerprint density at radius 2 is 2.05 bits per heavy atom. The molecule has 0 saturated carbocycles. The molecule has 1 rings (SSSR count). The predicted molar refractivity (Wildman–Crippen MR) is 95.2 cm³/mol. The lowest BCUT2D eigenvalue weighted by atomic mass is 9.93. The van der Waals surface area contributed by atoms with Gasteiger partial charge in [-0.1, -0.05) is 27.2 Å². The van der Waals surface area contributed by atoms with E-state index in [2.05, 4.69) is 6.92 Å². The fraction of sp³-hybridized carbons (Fsp3) is 0.867. The zero-order valence-electron chi connectivity index (χ0n) is 14.1. The van der Waals surface area contributed by atoms with E-state index in [-0.39, 0.29) is 35.7 Å². The molecule has 130 valence electrons. The van der Waals surface area contributed by atoms with Crippen LogP contribution in [0.2, 0.25) is 0 Å². The Morgan fingerprint density at radius 1 is 1.41 bits per heavy atom. The van der Waals surface area contributed by atoms with E-state index in [1.807, 2.05) is 13.8 Å². The molecule has 1 fully saturated rings. The second-order valence-corrected chi connectivity index (χ2v) is 7.55. The van der Waals surface area contributed by atoms with Gasteiger partial charge in [0.05, 0.1) is 5.88 Å². The molecule has 1 saturated heterocycles. The van der Waals surface area contributed by atoms with Crippen LogP contribution in [0.3, 0.4) is 0 Å². The number of carbonyl (C=O) groups excluding carboxylic acids is 2. The number of halogens is 1. The minimum absolute atomic E-state index is 0. The molecule has 0 radical (unpaired) electrons. The van der Waals surface area contributed by atoms with Crippen LogP contribution in [-0.4, -0.2) is 59.4 Å². The number of thioether (sulfide) groups is 1. The molecule has 0 aromatic rings. The van der Waals surface area contributed by atoms with Gasteiger partial charge in [-0.25, -0.2) is 0 Å². The Hall–Kier alpha value is -0.460. The fourth-order valence-corrected chi connectivity index (χ4v) is 3.58. The second kappa shape index (κ2) is 9.63. The van der Waals surface area contributed by atoms with E-state index in [1.54, 1.807) is 28.6 Å². The molecule has 22 heavy (non-hydrogen) atoms. The lowest BCUT2D eigenvalue weighted by Gasteiger charge is -2.32. The molecule has 1 aliphatic rings. The van der Waals surface area contributed by atoms with Crippen molar-refractivity contribution in [2.24, 2.45) is 11.1 Å². The van der Waals surface area contributed by atoms with Crippen molar-refractivity contribution in [1.29, 1.82) is 0 Å². The van der Waals surface area contributed by atoms with Gasteiger partial charge in [0, 0.05) is 25.8 Å². The van der Waals surface area contributed by atoms with Crippen molar-refractivity contribution in [2.75, 3.05) is 31.8 Å². The second-order valence-electron chi connectivity index (χ2n) is 6.55. The van der Waals surface area contributed by atoms with Gasteiger partial charge in [-0.05, 0) is 18.4 Å². The molecule has 1 aliphatic heterocycles. The average molecular weight is 352 g/mol. The molecule has 1 heterocycles. The molecule has 0 spiro atoms. The van der Waals surface area contributed by atoms with Gasteiger partial charge < -0.3 is 15.5 Å². The first-order valence-corrected chi connectivity index (χ1v) is 8.80. The summed E-state index contributed by atoms with van der Waals surface area (Å²) in [6, 6.07) is -0.307. The van der Waals surface area contributed by atoms with Crippen LogP contribution >= 0.6 is 24.2 Å². The van der Waals surface area contributed by atoms with Crippen molar-refractivity contribution in [3.05, 3.63) is 0 Å². The van der Waals surface area contributed by atoms with Gasteiger partial charge in [0.1, 0.15) is 6.04 Å². The van der Waals surface area contributed by atoms with Crippen LogP contribution in [-0.2, 0) is 9.59 Å². The zero-order chi connectivity index (χ0) is 16.0. The SMILES string of the molecule is CCCCC(=O)N1CSCC1C(=O)N(C)CC(C)(C)CN.Cl. The van der Waals surface area contributed by atoms with Gasteiger partial charge >= 0.3 is 0 Å². The van der Waals surface area contributed by atoms with E-state index in [9.17, 15) is 9.59 Å². The maximum Gasteiger partial charge on any atom is 0.246 e. The van der Waals surface area contributed by atoms with Crippen molar-refractivity contribution < 1.29 is 9.59 Å². The van der Waals surface area contributed by atoms with Crippen molar-refractivity contribution in [2.45, 2.75) is 46.1 Å². The van der Waals surface area contributed by atoms with E-state index >= 15 is 0 Å². The lowest BCUT2D eigenvalue weighted by Crippen LogP contribution is -2.50. The summed E-state index contributed by atoms with van der Waals surface area (Å²) in [6.45, 7) is 7.30. The minimum atomic E-state index is -0.307. The van der Waals surface area contributed by atoms with Gasteiger partial charge in [0.15, 0.2) is 0 Å². The maximum atomic E-state index is 12.6. The Balaban J connectivity index is 0.00000441. The van der Waals surface area contributed by atoms with Crippen molar-refractivity contribution in [1.82, 2.24) is 9.80 Å². The first kappa shape index (κ1) is 21.5. The van der Waals surface area contributed by atoms with Crippen LogP contribution in [0.5, 0.6) is 0 Å². The van der Waals surface area contributed by atoms with Crippen LogP contribution in [0.4, 0.5) is 0 Å². The summed E-state index contributed by atoms with van der Waals surface area (Å²) in [4.78, 5) is 28.3. The van der Waals surface area contributed by atoms with Crippen molar-refractivity contribution >= 4 is 36.0 Å². The summed E-state index contributed by atoms with van der Waals surface area (Å²) in [7, 11) is 1.80. The molecule has 5 nitrogen and oxygen atoms in total. The third kappa shape index (κ3) is 5.97. The van der Waals surface area contributed by atoms with E-state index in [4.69, 9.17) is 5.73 Å². The number of hydrogen-bond donors (Lipinski definition) is 1. The van der Waals surface area contributed by atoms with Gasteiger partial charge in [-0.3, -0.25) is 9.59 Å². The number of rotatable bonds is 7. The zero-order valence-corrected chi connectivity index (χ0v) is 15.8. The van der Waals surface area contributed by atoms with E-state index < -0.39 is 0 Å². The molecule has 1 atom stereocenters. The molecular formula is C15H30ClN3O2S. The first-order chi connectivity index (χ1) is 9.82. The number of amides is 2. The standard InChI is InChI=1S/C15H29N3O2S.ClH/c1-5-6-7-13(19)18-11-21-8-12(18)14(20)17(4)10-15(2,3)9-16;/h12H,5-11,16H2,1-4H3;1H. The largest absolute Gasteiger partial charge is 0.343 e. The smallest absolute Gasteiger partial charge is 0.246 e. The van der Waals surface area contributed by atoms with Gasteiger partial charge in [0.2, 0.25) is 11.8 Å². The summed E-state index contributed by atoms with van der Waals surface area (Å²) in [6.07, 6.45) is 2.42. The van der Waals surface area contributed by atoms with Crippen LogP contribution in [0.25, 0.3) is 0 Å². The Kier molecular flexibility index (Phi) is 9.43. The molecular weight excluding hydrogens is 322 g/mol. The number of unbranched alkanes of at least 4 members (excludes halogenated alkanes) is 1. The normalized spacial score (nSPS) is 18.0. The first-order valence-electron chi connectivity index (χ1n) is 7.64. The van der Waals surface area contributed by atoms with Crippen LogP contribution in [0.1, 0.15) is 40.0 Å². The summed E-state index contributed by atoms with van der Waals surface area (Å²) < 4.78 is 0. The molecule has 2 amide bonds. The number of carbonyl (C=O) groups is 2. The van der Waals surface area contributed by atoms with E-state index in [1.165, 1.54) is 0 Å². The van der Waals surface area contributed by atoms with Gasteiger partial charge in [0.25, 0.3) is 0 Å². The molecule has 2 N–H and O–H groups in total. The molecule has 0 bridgehead atoms. The summed E-state index contributed by atoms with van der Waals surface area (Å²) in [5.41, 5.74) is 5.63. The van der Waals surface area contributed by atoms with E-state index in [0.29, 0.717) is 31.1 Å². The van der Waals surface area contributed by atoms with Gasteiger partial charge in [-0.15, -0.1) is 24.2 Å². The quantitative estimate of drug-likeness (QED) is 0.761. The lowest BCUT2D eigenvalue weighted by molar-refractivity contribution is -0.143. The summed E-state index contributed by atoms with van der Waals surface area (Å²) in [5, 5.41) is 0. The molecule has 0 aliphatic carbocycles. The Morgan fingerprint density at radius 3 is 2.59 bits per heavy atom. The highest BCUT2D eigenvalue weighted by molar-refractivity contribution is 7.99. The molecule has 1 unspecified atom stereocenters. The molecule has 0 aromatic heterocycles. The van der Waals surface area contributed by atoms with Crippen molar-refractivity contribution in [3.8, 4) is 0 Å². The Labute approximate surface area is 144 Å². The third-order valence-electron chi connectivity index (χ3n) is 3.83. The summed E-state index contributed by atoms with van der Waals surface area (Å²) in [5.74, 6) is 1.47. The van der Waals surface area contributed by atoms with E-state index in [0.717, 1.165) is 12.8 Å². The van der Waals surface area contributed by atoms with Crippen LogP contribution < -0.4 is 5.73 Å². The highest BCUT2D eigenvalue weighted by Crippen LogP contribution is 2.24. The summed E-state index contributed by atoms with van der Waals surface area (Å²) >= 11 is 1.65. The monoisotopic (exact) mass is 351 g/mol. The highest BCUT2D eigenvalue weighted by atomic mass is 35.5. The van der Waals surface area contributed by atoms with Crippen LogP contribution in [0, 0.1) is 5.41 Å². The molecule has 0 aromatic carbocycles. The topological polar surface area (TPSA) is 66.6 Å². The number of nitrogens with two attached hydrogens (primary N) is 1. The number of likely N-dealkylation sites (N-methyl/N-ethyl adjacent to an activating group) is 1. The highest BCUT2D eigenvalue weighted by Gasteiger charge is 2.36. The predicted octanol–water partition coefficient (Wildman–Crippen LogP) is 1.94. The third-order valence-corrected chi connectivity index (χ3v) is 4.84. The number of hydrogen-bond acceptors (Lipinski definition) is 4. The minimum Gasteiger partial charge on any atom is -0.343 e. The van der Waals surface area contributed by atoms with Crippen LogP contribution in [0.15, 0.2) is 0 Å². The maximum absolute atomic E-state index is 12.6. The molecule has 7 heteroatoms. The fourth-order valence-electron chi connectivity index (χ4n) is 2.40. The van der Waals surface area contributed by atoms with Crippen molar-refractivity contribution in [3.63, 3.8) is 0 Å². The number of nitrogens with zero attached hydrogens (tertiary/aromatic N) is 2.